The van der Waals surface area contributed by atoms with Gasteiger partial charge in [-0.3, -0.25) is 9.80 Å². The highest BCUT2D eigenvalue weighted by Gasteiger charge is 2.25. The van der Waals surface area contributed by atoms with Crippen LogP contribution in [0.4, 0.5) is 0 Å². The standard InChI is InChI=1S/C16H26N2S/c1-14-7-8-16(19-14)13-17-9-11-18(12-10-17)15-5-3-2-4-6-15/h7-8,15H,2-6,9-13H2,1H3. The van der Waals surface area contributed by atoms with E-state index in [1.807, 2.05) is 11.3 Å². The third-order valence-corrected chi connectivity index (χ3v) is 5.66. The summed E-state index contributed by atoms with van der Waals surface area (Å²) in [4.78, 5) is 8.36. The zero-order valence-electron chi connectivity index (χ0n) is 12.1. The van der Waals surface area contributed by atoms with Crippen molar-refractivity contribution >= 4 is 11.3 Å². The highest BCUT2D eigenvalue weighted by atomic mass is 32.1. The van der Waals surface area contributed by atoms with E-state index in [9.17, 15) is 0 Å². The fourth-order valence-corrected chi connectivity index (χ4v) is 4.46. The maximum Gasteiger partial charge on any atom is 0.0329 e. The van der Waals surface area contributed by atoms with Crippen LogP contribution in [0.1, 0.15) is 41.9 Å². The molecule has 3 rings (SSSR count). The largest absolute Gasteiger partial charge is 0.298 e. The van der Waals surface area contributed by atoms with Crippen molar-refractivity contribution in [2.45, 2.75) is 51.6 Å². The Kier molecular flexibility index (Phi) is 4.57. The quantitative estimate of drug-likeness (QED) is 0.835. The SMILES string of the molecule is Cc1ccc(CN2CCN(C3CCCCC3)CC2)s1. The molecule has 0 radical (unpaired) electrons. The van der Waals surface area contributed by atoms with Crippen LogP contribution < -0.4 is 0 Å². The Morgan fingerprint density at radius 3 is 2.42 bits per heavy atom. The predicted molar refractivity (Wildman–Crippen MR) is 82.8 cm³/mol. The zero-order valence-corrected chi connectivity index (χ0v) is 12.9. The van der Waals surface area contributed by atoms with Crippen LogP contribution in [-0.4, -0.2) is 42.0 Å². The first-order valence-electron chi connectivity index (χ1n) is 7.83. The van der Waals surface area contributed by atoms with E-state index < -0.39 is 0 Å². The van der Waals surface area contributed by atoms with Crippen LogP contribution >= 0.6 is 11.3 Å². The van der Waals surface area contributed by atoms with Gasteiger partial charge in [-0.15, -0.1) is 11.3 Å². The van der Waals surface area contributed by atoms with E-state index in [0.29, 0.717) is 0 Å². The number of hydrogen-bond acceptors (Lipinski definition) is 3. The molecule has 0 amide bonds. The second-order valence-corrected chi connectivity index (χ2v) is 7.49. The molecule has 1 aliphatic carbocycles. The summed E-state index contributed by atoms with van der Waals surface area (Å²) >= 11 is 1.95. The lowest BCUT2D eigenvalue weighted by molar-refractivity contribution is 0.0760. The van der Waals surface area contributed by atoms with E-state index >= 15 is 0 Å². The number of nitrogens with zero attached hydrogens (tertiary/aromatic N) is 2. The Morgan fingerprint density at radius 2 is 1.79 bits per heavy atom. The lowest BCUT2D eigenvalue weighted by Crippen LogP contribution is -2.50. The first kappa shape index (κ1) is 13.6. The molecule has 1 saturated carbocycles. The molecule has 0 atom stereocenters. The van der Waals surface area contributed by atoms with E-state index in [1.165, 1.54) is 68.0 Å². The molecule has 0 unspecified atom stereocenters. The molecule has 2 aliphatic rings. The van der Waals surface area contributed by atoms with Gasteiger partial charge in [0, 0.05) is 48.5 Å². The molecule has 2 fully saturated rings. The lowest BCUT2D eigenvalue weighted by atomic mass is 9.94. The van der Waals surface area contributed by atoms with Crippen molar-refractivity contribution in [2.24, 2.45) is 0 Å². The van der Waals surface area contributed by atoms with Gasteiger partial charge in [0.2, 0.25) is 0 Å². The third-order valence-electron chi connectivity index (χ3n) is 4.67. The van der Waals surface area contributed by atoms with E-state index in [2.05, 4.69) is 28.9 Å². The molecule has 2 heterocycles. The number of thiophene rings is 1. The van der Waals surface area contributed by atoms with Crippen molar-refractivity contribution < 1.29 is 0 Å². The number of piperazine rings is 1. The average molecular weight is 278 g/mol. The van der Waals surface area contributed by atoms with Crippen LogP contribution in [0.15, 0.2) is 12.1 Å². The molecule has 0 bridgehead atoms. The van der Waals surface area contributed by atoms with Gasteiger partial charge in [0.05, 0.1) is 0 Å². The van der Waals surface area contributed by atoms with Crippen molar-refractivity contribution in [3.8, 4) is 0 Å². The molecular formula is C16H26N2S. The summed E-state index contributed by atoms with van der Waals surface area (Å²) < 4.78 is 0. The highest BCUT2D eigenvalue weighted by Crippen LogP contribution is 2.24. The van der Waals surface area contributed by atoms with Gasteiger partial charge in [0.15, 0.2) is 0 Å². The van der Waals surface area contributed by atoms with Crippen LogP contribution in [0, 0.1) is 6.92 Å². The van der Waals surface area contributed by atoms with Gasteiger partial charge in [0.25, 0.3) is 0 Å². The molecule has 0 aromatic carbocycles. The predicted octanol–water partition coefficient (Wildman–Crippen LogP) is 3.51. The maximum atomic E-state index is 2.76. The second-order valence-electron chi connectivity index (χ2n) is 6.12. The van der Waals surface area contributed by atoms with E-state index in [0.717, 1.165) is 12.6 Å². The second kappa shape index (κ2) is 6.38. The summed E-state index contributed by atoms with van der Waals surface area (Å²) in [6, 6.07) is 5.45. The molecule has 19 heavy (non-hydrogen) atoms. The zero-order chi connectivity index (χ0) is 13.1. The molecule has 0 spiro atoms. The first-order chi connectivity index (χ1) is 9.31. The topological polar surface area (TPSA) is 6.48 Å². The van der Waals surface area contributed by atoms with Gasteiger partial charge in [-0.25, -0.2) is 0 Å². The average Bonchev–Trinajstić information content (AvgIpc) is 2.86. The molecule has 0 N–H and O–H groups in total. The smallest absolute Gasteiger partial charge is 0.0329 e. The van der Waals surface area contributed by atoms with Gasteiger partial charge in [0.1, 0.15) is 0 Å². The number of aryl methyl sites for hydroxylation is 1. The highest BCUT2D eigenvalue weighted by molar-refractivity contribution is 7.11. The first-order valence-corrected chi connectivity index (χ1v) is 8.64. The molecular weight excluding hydrogens is 252 g/mol. The van der Waals surface area contributed by atoms with E-state index in [1.54, 1.807) is 0 Å². The molecule has 1 saturated heterocycles. The minimum Gasteiger partial charge on any atom is -0.298 e. The minimum atomic E-state index is 0.903. The molecule has 1 aromatic rings. The van der Waals surface area contributed by atoms with Crippen molar-refractivity contribution in [1.82, 2.24) is 9.80 Å². The number of hydrogen-bond donors (Lipinski definition) is 0. The summed E-state index contributed by atoms with van der Waals surface area (Å²) in [5.74, 6) is 0. The van der Waals surface area contributed by atoms with Crippen molar-refractivity contribution in [1.29, 1.82) is 0 Å². The van der Waals surface area contributed by atoms with E-state index in [-0.39, 0.29) is 0 Å². The van der Waals surface area contributed by atoms with Crippen molar-refractivity contribution in [3.05, 3.63) is 21.9 Å². The molecule has 3 heteroatoms. The lowest BCUT2D eigenvalue weighted by Gasteiger charge is -2.40. The third kappa shape index (κ3) is 3.59. The molecule has 2 nitrogen and oxygen atoms in total. The van der Waals surface area contributed by atoms with E-state index in [4.69, 9.17) is 0 Å². The van der Waals surface area contributed by atoms with Crippen molar-refractivity contribution in [3.63, 3.8) is 0 Å². The molecule has 106 valence electrons. The molecule has 1 aliphatic heterocycles. The van der Waals surface area contributed by atoms with Crippen LogP contribution in [0.3, 0.4) is 0 Å². The Bertz CT molecular complexity index is 387. The monoisotopic (exact) mass is 278 g/mol. The summed E-state index contributed by atoms with van der Waals surface area (Å²) in [5, 5.41) is 0. The number of rotatable bonds is 3. The summed E-state index contributed by atoms with van der Waals surface area (Å²) in [5.41, 5.74) is 0. The summed E-state index contributed by atoms with van der Waals surface area (Å²) in [6.45, 7) is 8.46. The Morgan fingerprint density at radius 1 is 1.05 bits per heavy atom. The Balaban J connectivity index is 1.46. The van der Waals surface area contributed by atoms with Crippen LogP contribution in [0.2, 0.25) is 0 Å². The van der Waals surface area contributed by atoms with Crippen LogP contribution in [-0.2, 0) is 6.54 Å². The summed E-state index contributed by atoms with van der Waals surface area (Å²) in [7, 11) is 0. The Labute approximate surface area is 121 Å². The fraction of sp³-hybridized carbons (Fsp3) is 0.750. The van der Waals surface area contributed by atoms with Gasteiger partial charge in [-0.2, -0.15) is 0 Å². The Hall–Kier alpha value is -0.380. The van der Waals surface area contributed by atoms with Gasteiger partial charge in [-0.05, 0) is 31.9 Å². The van der Waals surface area contributed by atoms with Crippen molar-refractivity contribution in [2.75, 3.05) is 26.2 Å². The molecule has 1 aromatic heterocycles. The summed E-state index contributed by atoms with van der Waals surface area (Å²) in [6.07, 6.45) is 7.28. The van der Waals surface area contributed by atoms with Crippen LogP contribution in [0.25, 0.3) is 0 Å². The van der Waals surface area contributed by atoms with Gasteiger partial charge in [-0.1, -0.05) is 19.3 Å². The fourth-order valence-electron chi connectivity index (χ4n) is 3.52. The van der Waals surface area contributed by atoms with Gasteiger partial charge < -0.3 is 0 Å². The maximum absolute atomic E-state index is 2.76. The minimum absolute atomic E-state index is 0.903. The van der Waals surface area contributed by atoms with Crippen LogP contribution in [0.5, 0.6) is 0 Å². The normalized spacial score (nSPS) is 23.8. The van der Waals surface area contributed by atoms with Gasteiger partial charge >= 0.3 is 0 Å².